The van der Waals surface area contributed by atoms with E-state index >= 15 is 0 Å². The number of hydrogen-bond acceptors (Lipinski definition) is 10. The fourth-order valence-corrected chi connectivity index (χ4v) is 5.22. The number of fused-ring (bicyclic) bond motifs is 1. The van der Waals surface area contributed by atoms with Crippen LogP contribution in [0.2, 0.25) is 0 Å². The summed E-state index contributed by atoms with van der Waals surface area (Å²) in [6, 6.07) is 8.60. The summed E-state index contributed by atoms with van der Waals surface area (Å²) >= 11 is 0. The van der Waals surface area contributed by atoms with Crippen LogP contribution in [0, 0.1) is 0 Å². The number of nitrogens with two attached hydrogens (primary N) is 1. The monoisotopic (exact) mass is 609 g/mol. The number of phenolic OH excluding ortho intramolecular Hbond substituents is 1. The van der Waals surface area contributed by atoms with Crippen LogP contribution in [-0.2, 0) is 16.0 Å². The molecule has 0 fully saturated rings. The topological polar surface area (TPSA) is 211 Å². The number of likely N-dealkylation sites (N-methyl/N-ethyl adjacent to an activating group) is 1. The maximum Gasteiger partial charge on any atom is 0.255 e. The number of primary amides is 1. The SMILES string of the molecule is CCC[C@@](O)(C(=O)/C(C(N)=O)=C(/O)[C@H](C)N(C)C)/C(O)=C1\CCc2c(-c3cccc(C(=O)NCCO)c3)ccc(O)c2C1=O. The van der Waals surface area contributed by atoms with Gasteiger partial charge >= 0.3 is 0 Å². The van der Waals surface area contributed by atoms with Gasteiger partial charge in [-0.05, 0) is 75.2 Å². The Balaban J connectivity index is 2.15. The van der Waals surface area contributed by atoms with Crippen molar-refractivity contribution in [2.24, 2.45) is 5.73 Å². The molecule has 1 aliphatic carbocycles. The predicted molar refractivity (Wildman–Crippen MR) is 162 cm³/mol. The molecule has 0 heterocycles. The molecule has 0 aromatic heterocycles. The first-order chi connectivity index (χ1) is 20.7. The van der Waals surface area contributed by atoms with Crippen molar-refractivity contribution in [2.45, 2.75) is 51.2 Å². The van der Waals surface area contributed by atoms with Crippen LogP contribution in [0.3, 0.4) is 0 Å². The number of benzene rings is 2. The number of aromatic hydroxyl groups is 1. The minimum absolute atomic E-state index is 0.0721. The number of allylic oxidation sites excluding steroid dienone is 1. The lowest BCUT2D eigenvalue weighted by atomic mass is 9.77. The number of ketones is 2. The number of Topliss-reactive ketones (excluding diaryl/α,β-unsaturated/α-hetero) is 2. The van der Waals surface area contributed by atoms with E-state index in [0.29, 0.717) is 22.3 Å². The van der Waals surface area contributed by atoms with Crippen molar-refractivity contribution in [1.29, 1.82) is 0 Å². The second-order valence-electron chi connectivity index (χ2n) is 10.9. The molecule has 0 saturated heterocycles. The molecule has 0 saturated carbocycles. The molecule has 1 aliphatic rings. The normalized spacial score (nSPS) is 16.8. The fourth-order valence-electron chi connectivity index (χ4n) is 5.22. The molecule has 12 nitrogen and oxygen atoms in total. The Kier molecular flexibility index (Phi) is 10.7. The van der Waals surface area contributed by atoms with E-state index in [-0.39, 0.29) is 43.6 Å². The first-order valence-electron chi connectivity index (χ1n) is 14.2. The first kappa shape index (κ1) is 34.0. The quantitative estimate of drug-likeness (QED) is 0.0806. The first-order valence-corrected chi connectivity index (χ1v) is 14.2. The summed E-state index contributed by atoms with van der Waals surface area (Å²) < 4.78 is 0. The second kappa shape index (κ2) is 13.8. The molecule has 2 aromatic carbocycles. The number of nitrogens with one attached hydrogen (secondary N) is 1. The van der Waals surface area contributed by atoms with Gasteiger partial charge in [-0.2, -0.15) is 0 Å². The predicted octanol–water partition coefficient (Wildman–Crippen LogP) is 2.07. The van der Waals surface area contributed by atoms with E-state index in [2.05, 4.69) is 5.32 Å². The molecule has 2 atom stereocenters. The van der Waals surface area contributed by atoms with E-state index in [0.717, 1.165) is 0 Å². The number of carbonyl (C=O) groups excluding carboxylic acids is 4. The molecule has 8 N–H and O–H groups in total. The average molecular weight is 610 g/mol. The van der Waals surface area contributed by atoms with Crippen molar-refractivity contribution in [3.63, 3.8) is 0 Å². The molecule has 236 valence electrons. The lowest BCUT2D eigenvalue weighted by Crippen LogP contribution is -2.46. The Morgan fingerprint density at radius 2 is 1.80 bits per heavy atom. The number of amides is 2. The highest BCUT2D eigenvalue weighted by Crippen LogP contribution is 2.41. The minimum atomic E-state index is -2.77. The number of carbonyl (C=O) groups is 4. The van der Waals surface area contributed by atoms with Crippen molar-refractivity contribution >= 4 is 23.4 Å². The molecular formula is C32H39N3O9. The van der Waals surface area contributed by atoms with Gasteiger partial charge in [-0.15, -0.1) is 0 Å². The second-order valence-corrected chi connectivity index (χ2v) is 10.9. The Hall–Kier alpha value is -4.52. The summed E-state index contributed by atoms with van der Waals surface area (Å²) in [6.07, 6.45) is -0.306. The van der Waals surface area contributed by atoms with Gasteiger partial charge in [0.05, 0.1) is 18.2 Å². The van der Waals surface area contributed by atoms with E-state index in [1.54, 1.807) is 51.4 Å². The van der Waals surface area contributed by atoms with Crippen LogP contribution in [0.15, 0.2) is 59.1 Å². The molecule has 2 aromatic rings. The van der Waals surface area contributed by atoms with Crippen LogP contribution in [0.4, 0.5) is 0 Å². The number of hydrogen-bond donors (Lipinski definition) is 7. The Bertz CT molecular complexity index is 1540. The molecule has 0 unspecified atom stereocenters. The highest BCUT2D eigenvalue weighted by Gasteiger charge is 2.47. The largest absolute Gasteiger partial charge is 0.510 e. The van der Waals surface area contributed by atoms with Gasteiger partial charge < -0.3 is 36.6 Å². The summed E-state index contributed by atoms with van der Waals surface area (Å²) in [5, 5.41) is 56.0. The lowest BCUT2D eigenvalue weighted by molar-refractivity contribution is -0.135. The number of rotatable bonds is 12. The van der Waals surface area contributed by atoms with Crippen LogP contribution in [0.5, 0.6) is 5.75 Å². The van der Waals surface area contributed by atoms with E-state index in [4.69, 9.17) is 10.8 Å². The number of aliphatic hydroxyl groups excluding tert-OH is 3. The molecule has 3 rings (SSSR count). The molecule has 0 bridgehead atoms. The molecular weight excluding hydrogens is 570 g/mol. The molecule has 44 heavy (non-hydrogen) atoms. The van der Waals surface area contributed by atoms with Gasteiger partial charge in [0.2, 0.25) is 5.78 Å². The molecule has 12 heteroatoms. The van der Waals surface area contributed by atoms with Gasteiger partial charge in [-0.3, -0.25) is 24.1 Å². The van der Waals surface area contributed by atoms with E-state index < -0.39 is 64.3 Å². The third-order valence-electron chi connectivity index (χ3n) is 7.82. The average Bonchev–Trinajstić information content (AvgIpc) is 2.99. The smallest absolute Gasteiger partial charge is 0.255 e. The minimum Gasteiger partial charge on any atom is -0.510 e. The highest BCUT2D eigenvalue weighted by molar-refractivity contribution is 6.23. The van der Waals surface area contributed by atoms with Gasteiger partial charge in [-0.25, -0.2) is 0 Å². The zero-order chi connectivity index (χ0) is 32.9. The summed E-state index contributed by atoms with van der Waals surface area (Å²) in [5.41, 5.74) is 3.15. The maximum absolute atomic E-state index is 13.8. The zero-order valence-electron chi connectivity index (χ0n) is 25.2. The summed E-state index contributed by atoms with van der Waals surface area (Å²) in [5.74, 6) is -5.99. The van der Waals surface area contributed by atoms with Crippen LogP contribution in [0.1, 0.15) is 59.4 Å². The molecule has 0 spiro atoms. The van der Waals surface area contributed by atoms with Crippen molar-refractivity contribution < 1.29 is 44.7 Å². The summed E-state index contributed by atoms with van der Waals surface area (Å²) in [7, 11) is 3.17. The van der Waals surface area contributed by atoms with E-state index in [1.165, 1.54) is 17.9 Å². The summed E-state index contributed by atoms with van der Waals surface area (Å²) in [4.78, 5) is 53.8. The van der Waals surface area contributed by atoms with Crippen LogP contribution < -0.4 is 11.1 Å². The van der Waals surface area contributed by atoms with Crippen LogP contribution >= 0.6 is 0 Å². The third kappa shape index (κ3) is 6.52. The van der Waals surface area contributed by atoms with Gasteiger partial charge in [0.15, 0.2) is 11.4 Å². The van der Waals surface area contributed by atoms with Crippen molar-refractivity contribution in [2.75, 3.05) is 27.2 Å². The van der Waals surface area contributed by atoms with Gasteiger partial charge in [-0.1, -0.05) is 31.5 Å². The van der Waals surface area contributed by atoms with Crippen LogP contribution in [0.25, 0.3) is 11.1 Å². The van der Waals surface area contributed by atoms with Gasteiger partial charge in [0.25, 0.3) is 11.8 Å². The zero-order valence-corrected chi connectivity index (χ0v) is 25.2. The standard InChI is InChI=1S/C32H39N3O9/c1-5-13-32(44,29(41)25(30(33)42)26(38)17(2)35(3)4)28(40)22-10-9-21-20(11-12-23(37)24(21)27(22)39)18-7-6-8-19(16-18)31(43)34-14-15-36/h6-8,11-12,16-17,36-38,40,44H,5,9-10,13-15H2,1-4H3,(H2,33,42)(H,34,43)/b26-25-,28-22-/t17-,32-/m0/s1. The number of aliphatic hydroxyl groups is 4. The van der Waals surface area contributed by atoms with Crippen LogP contribution in [-0.4, -0.2) is 92.7 Å². The van der Waals surface area contributed by atoms with Crippen molar-refractivity contribution in [3.8, 4) is 16.9 Å². The highest BCUT2D eigenvalue weighted by atomic mass is 16.3. The maximum atomic E-state index is 13.8. The Morgan fingerprint density at radius 1 is 1.11 bits per heavy atom. The van der Waals surface area contributed by atoms with E-state index in [9.17, 15) is 39.6 Å². The Morgan fingerprint density at radius 3 is 2.39 bits per heavy atom. The summed E-state index contributed by atoms with van der Waals surface area (Å²) in [6.45, 7) is 2.96. The molecule has 2 amide bonds. The lowest BCUT2D eigenvalue weighted by Gasteiger charge is -2.31. The molecule has 0 aliphatic heterocycles. The Labute approximate surface area is 255 Å². The fraction of sp³-hybridized carbons (Fsp3) is 0.375. The number of nitrogens with zero attached hydrogens (tertiary/aromatic N) is 1. The molecule has 0 radical (unpaired) electrons. The number of phenols is 1. The van der Waals surface area contributed by atoms with Crippen molar-refractivity contribution in [3.05, 3.63) is 75.8 Å². The van der Waals surface area contributed by atoms with Crippen molar-refractivity contribution in [1.82, 2.24) is 10.2 Å². The van der Waals surface area contributed by atoms with Gasteiger partial charge in [0, 0.05) is 17.7 Å². The van der Waals surface area contributed by atoms with Gasteiger partial charge in [0.1, 0.15) is 22.8 Å². The third-order valence-corrected chi connectivity index (χ3v) is 7.82. The van der Waals surface area contributed by atoms with E-state index in [1.807, 2.05) is 0 Å².